The standard InChI is InChI=1S/C26H32N2O4/c1-6-7-8-15-28-23(18-9-11-19(12-10-18)27(3)4)22(25(30)26(28)31)24(29)21-14-13-20(32-5)16-17(21)2/h9-14,16,23,29H,6-8,15H2,1-5H3/b24-22-. The van der Waals surface area contributed by atoms with Crippen molar-refractivity contribution in [2.24, 2.45) is 0 Å². The molecule has 3 rings (SSSR count). The molecule has 6 nitrogen and oxygen atoms in total. The highest BCUT2D eigenvalue weighted by molar-refractivity contribution is 6.46. The van der Waals surface area contributed by atoms with Gasteiger partial charge in [0.25, 0.3) is 11.7 Å². The number of unbranched alkanes of at least 4 members (excludes halogenated alkanes) is 2. The van der Waals surface area contributed by atoms with Crippen LogP contribution in [0.3, 0.4) is 0 Å². The monoisotopic (exact) mass is 436 g/mol. The lowest BCUT2D eigenvalue weighted by Gasteiger charge is -2.26. The van der Waals surface area contributed by atoms with E-state index in [1.807, 2.05) is 50.2 Å². The van der Waals surface area contributed by atoms with E-state index in [-0.39, 0.29) is 11.3 Å². The summed E-state index contributed by atoms with van der Waals surface area (Å²) in [5.41, 5.74) is 3.24. The van der Waals surface area contributed by atoms with Crippen molar-refractivity contribution in [2.75, 3.05) is 32.6 Å². The lowest BCUT2D eigenvalue weighted by Crippen LogP contribution is -2.30. The average molecular weight is 437 g/mol. The molecule has 2 aromatic carbocycles. The number of hydrogen-bond donors (Lipinski definition) is 1. The summed E-state index contributed by atoms with van der Waals surface area (Å²) in [5.74, 6) is -0.690. The van der Waals surface area contributed by atoms with Crippen molar-refractivity contribution in [3.05, 3.63) is 64.7 Å². The molecule has 1 amide bonds. The van der Waals surface area contributed by atoms with E-state index in [9.17, 15) is 14.7 Å². The first kappa shape index (κ1) is 23.4. The minimum atomic E-state index is -0.643. The second kappa shape index (κ2) is 9.90. The quantitative estimate of drug-likeness (QED) is 0.282. The molecule has 2 aromatic rings. The fourth-order valence-corrected chi connectivity index (χ4v) is 4.12. The van der Waals surface area contributed by atoms with E-state index in [0.717, 1.165) is 36.1 Å². The van der Waals surface area contributed by atoms with Gasteiger partial charge in [0, 0.05) is 31.9 Å². The molecule has 0 aliphatic carbocycles. The number of likely N-dealkylation sites (tertiary alicyclic amines) is 1. The van der Waals surface area contributed by atoms with Gasteiger partial charge in [-0.25, -0.2) is 0 Å². The number of ether oxygens (including phenoxy) is 1. The molecule has 0 bridgehead atoms. The van der Waals surface area contributed by atoms with Crippen LogP contribution >= 0.6 is 0 Å². The summed E-state index contributed by atoms with van der Waals surface area (Å²) < 4.78 is 5.26. The molecule has 1 fully saturated rings. The Hall–Kier alpha value is -3.28. The molecule has 0 spiro atoms. The number of hydrogen-bond acceptors (Lipinski definition) is 5. The molecule has 0 saturated carbocycles. The highest BCUT2D eigenvalue weighted by Crippen LogP contribution is 2.40. The van der Waals surface area contributed by atoms with Crippen LogP contribution in [0.25, 0.3) is 5.76 Å². The predicted octanol–water partition coefficient (Wildman–Crippen LogP) is 4.68. The summed E-state index contributed by atoms with van der Waals surface area (Å²) in [5, 5.41) is 11.2. The van der Waals surface area contributed by atoms with Gasteiger partial charge >= 0.3 is 0 Å². The van der Waals surface area contributed by atoms with Gasteiger partial charge in [-0.1, -0.05) is 31.9 Å². The lowest BCUT2D eigenvalue weighted by atomic mass is 9.93. The van der Waals surface area contributed by atoms with Crippen molar-refractivity contribution < 1.29 is 19.4 Å². The zero-order chi connectivity index (χ0) is 23.4. The van der Waals surface area contributed by atoms with Crippen LogP contribution in [0, 0.1) is 6.92 Å². The first-order chi connectivity index (χ1) is 15.3. The van der Waals surface area contributed by atoms with E-state index in [4.69, 9.17) is 4.74 Å². The number of aliphatic hydroxyl groups is 1. The Morgan fingerprint density at radius 3 is 2.34 bits per heavy atom. The van der Waals surface area contributed by atoms with E-state index >= 15 is 0 Å². The normalized spacial score (nSPS) is 17.7. The molecule has 1 heterocycles. The Labute approximate surface area is 190 Å². The Balaban J connectivity index is 2.13. The Kier molecular flexibility index (Phi) is 7.23. The SMILES string of the molecule is CCCCCN1C(=O)C(=O)/C(=C(\O)c2ccc(OC)cc2C)C1c1ccc(N(C)C)cc1. The van der Waals surface area contributed by atoms with Crippen molar-refractivity contribution in [1.29, 1.82) is 0 Å². The van der Waals surface area contributed by atoms with Crippen LogP contribution in [0.5, 0.6) is 5.75 Å². The van der Waals surface area contributed by atoms with Crippen molar-refractivity contribution in [3.8, 4) is 5.75 Å². The van der Waals surface area contributed by atoms with E-state index in [2.05, 4.69) is 6.92 Å². The number of Topliss-reactive ketones (excluding diaryl/α,β-unsaturated/α-hetero) is 1. The largest absolute Gasteiger partial charge is 0.507 e. The maximum absolute atomic E-state index is 13.1. The minimum absolute atomic E-state index is 0.136. The molecular formula is C26H32N2O4. The van der Waals surface area contributed by atoms with Crippen LogP contribution in [0.1, 0.15) is 48.9 Å². The number of benzene rings is 2. The Morgan fingerprint density at radius 1 is 1.09 bits per heavy atom. The number of amides is 1. The van der Waals surface area contributed by atoms with E-state index < -0.39 is 17.7 Å². The van der Waals surface area contributed by atoms with Crippen LogP contribution < -0.4 is 9.64 Å². The van der Waals surface area contributed by atoms with Gasteiger partial charge in [0.2, 0.25) is 0 Å². The minimum Gasteiger partial charge on any atom is -0.507 e. The van der Waals surface area contributed by atoms with Crippen LogP contribution in [-0.2, 0) is 9.59 Å². The summed E-state index contributed by atoms with van der Waals surface area (Å²) in [6.07, 6.45) is 2.78. The summed E-state index contributed by atoms with van der Waals surface area (Å²) in [6.45, 7) is 4.41. The molecule has 1 atom stereocenters. The third-order valence-corrected chi connectivity index (χ3v) is 5.96. The lowest BCUT2D eigenvalue weighted by molar-refractivity contribution is -0.139. The molecule has 1 N–H and O–H groups in total. The van der Waals surface area contributed by atoms with Gasteiger partial charge in [-0.15, -0.1) is 0 Å². The van der Waals surface area contributed by atoms with Gasteiger partial charge in [-0.2, -0.15) is 0 Å². The Morgan fingerprint density at radius 2 is 1.78 bits per heavy atom. The molecule has 0 aromatic heterocycles. The van der Waals surface area contributed by atoms with Gasteiger partial charge in [-0.05, 0) is 54.8 Å². The molecule has 6 heteroatoms. The van der Waals surface area contributed by atoms with E-state index in [1.165, 1.54) is 0 Å². The molecule has 1 aliphatic heterocycles. The van der Waals surface area contributed by atoms with Gasteiger partial charge in [0.05, 0.1) is 18.7 Å². The summed E-state index contributed by atoms with van der Waals surface area (Å²) in [6, 6.07) is 12.4. The maximum Gasteiger partial charge on any atom is 0.295 e. The van der Waals surface area contributed by atoms with Gasteiger partial charge in [0.15, 0.2) is 0 Å². The highest BCUT2D eigenvalue weighted by atomic mass is 16.5. The average Bonchev–Trinajstić information content (AvgIpc) is 3.03. The zero-order valence-corrected chi connectivity index (χ0v) is 19.5. The first-order valence-electron chi connectivity index (χ1n) is 11.0. The van der Waals surface area contributed by atoms with E-state index in [0.29, 0.717) is 17.9 Å². The molecule has 32 heavy (non-hydrogen) atoms. The predicted molar refractivity (Wildman–Crippen MR) is 127 cm³/mol. The van der Waals surface area contributed by atoms with Crippen LogP contribution in [0.4, 0.5) is 5.69 Å². The topological polar surface area (TPSA) is 70.1 Å². The molecular weight excluding hydrogens is 404 g/mol. The van der Waals surface area contributed by atoms with Crippen LogP contribution in [0.2, 0.25) is 0 Å². The van der Waals surface area contributed by atoms with Gasteiger partial charge in [-0.3, -0.25) is 9.59 Å². The third kappa shape index (κ3) is 4.49. The zero-order valence-electron chi connectivity index (χ0n) is 19.5. The fourth-order valence-electron chi connectivity index (χ4n) is 4.12. The van der Waals surface area contributed by atoms with Crippen molar-refractivity contribution in [2.45, 2.75) is 39.2 Å². The van der Waals surface area contributed by atoms with Gasteiger partial charge in [0.1, 0.15) is 11.5 Å². The summed E-state index contributed by atoms with van der Waals surface area (Å²) in [4.78, 5) is 29.7. The number of ketones is 1. The number of aryl methyl sites for hydroxylation is 1. The number of anilines is 1. The number of carbonyl (C=O) groups excluding carboxylic acids is 2. The molecule has 0 radical (unpaired) electrons. The Bertz CT molecular complexity index is 1020. The van der Waals surface area contributed by atoms with E-state index in [1.54, 1.807) is 30.2 Å². The number of methoxy groups -OCH3 is 1. The third-order valence-electron chi connectivity index (χ3n) is 5.96. The molecule has 1 unspecified atom stereocenters. The maximum atomic E-state index is 13.1. The van der Waals surface area contributed by atoms with Crippen LogP contribution in [-0.4, -0.2) is 49.4 Å². The summed E-state index contributed by atoms with van der Waals surface area (Å²) in [7, 11) is 5.49. The summed E-state index contributed by atoms with van der Waals surface area (Å²) >= 11 is 0. The molecule has 170 valence electrons. The molecule has 1 saturated heterocycles. The smallest absolute Gasteiger partial charge is 0.295 e. The second-order valence-corrected chi connectivity index (χ2v) is 8.37. The van der Waals surface area contributed by atoms with Crippen molar-refractivity contribution >= 4 is 23.1 Å². The van der Waals surface area contributed by atoms with Gasteiger partial charge < -0.3 is 19.6 Å². The number of carbonyl (C=O) groups is 2. The molecule has 1 aliphatic rings. The van der Waals surface area contributed by atoms with Crippen molar-refractivity contribution in [3.63, 3.8) is 0 Å². The number of rotatable bonds is 8. The van der Waals surface area contributed by atoms with Crippen LogP contribution in [0.15, 0.2) is 48.0 Å². The number of aliphatic hydroxyl groups excluding tert-OH is 1. The fraction of sp³-hybridized carbons (Fsp3) is 0.385. The highest BCUT2D eigenvalue weighted by Gasteiger charge is 2.45. The van der Waals surface area contributed by atoms with Crippen molar-refractivity contribution in [1.82, 2.24) is 4.90 Å². The first-order valence-corrected chi connectivity index (χ1v) is 11.0. The second-order valence-electron chi connectivity index (χ2n) is 8.37. The number of nitrogens with zero attached hydrogens (tertiary/aromatic N) is 2.